The normalized spacial score (nSPS) is 14.9. The molecular weight excluding hydrogens is 407 g/mol. The van der Waals surface area contributed by atoms with Crippen LogP contribution in [0.3, 0.4) is 0 Å². The molecule has 160 valence electrons. The fourth-order valence-corrected chi connectivity index (χ4v) is 3.72. The quantitative estimate of drug-likeness (QED) is 0.686. The van der Waals surface area contributed by atoms with Crippen LogP contribution >= 0.6 is 11.6 Å². The van der Waals surface area contributed by atoms with Gasteiger partial charge in [0.05, 0.1) is 11.1 Å². The van der Waals surface area contributed by atoms with Crippen molar-refractivity contribution in [2.45, 2.75) is 18.9 Å². The van der Waals surface area contributed by atoms with E-state index in [-0.39, 0.29) is 16.8 Å². The minimum atomic E-state index is -0.819. The van der Waals surface area contributed by atoms with Crippen molar-refractivity contribution >= 4 is 34.8 Å². The molecule has 3 rings (SSSR count). The van der Waals surface area contributed by atoms with Crippen molar-refractivity contribution in [1.29, 1.82) is 0 Å². The Morgan fingerprint density at radius 1 is 1.10 bits per heavy atom. The number of rotatable bonds is 6. The van der Waals surface area contributed by atoms with Crippen molar-refractivity contribution < 1.29 is 14.0 Å². The molecule has 0 aliphatic carbocycles. The number of nitrogens with one attached hydrogen (secondary N) is 2. The van der Waals surface area contributed by atoms with Crippen LogP contribution in [0.4, 0.5) is 15.8 Å². The monoisotopic (exact) mass is 432 g/mol. The van der Waals surface area contributed by atoms with Crippen molar-refractivity contribution in [1.82, 2.24) is 10.2 Å². The maximum atomic E-state index is 13.3. The zero-order valence-corrected chi connectivity index (χ0v) is 17.9. The molecule has 1 heterocycles. The number of likely N-dealkylation sites (tertiary alicyclic amines) is 1. The zero-order chi connectivity index (χ0) is 21.7. The largest absolute Gasteiger partial charge is 0.378 e. The van der Waals surface area contributed by atoms with Gasteiger partial charge in [-0.2, -0.15) is 0 Å². The number of carbonyl (C=O) groups is 2. The predicted molar refractivity (Wildman–Crippen MR) is 117 cm³/mol. The second kappa shape index (κ2) is 9.91. The second-order valence-corrected chi connectivity index (χ2v) is 7.95. The second-order valence-electron chi connectivity index (χ2n) is 7.54. The molecule has 1 fully saturated rings. The van der Waals surface area contributed by atoms with Gasteiger partial charge in [0.2, 0.25) is 0 Å². The van der Waals surface area contributed by atoms with Gasteiger partial charge in [-0.25, -0.2) is 4.39 Å². The molecule has 0 spiro atoms. The van der Waals surface area contributed by atoms with Crippen molar-refractivity contribution in [2.75, 3.05) is 43.9 Å². The number of benzene rings is 2. The molecule has 2 aromatic carbocycles. The van der Waals surface area contributed by atoms with E-state index in [9.17, 15) is 14.0 Å². The van der Waals surface area contributed by atoms with Gasteiger partial charge in [0.15, 0.2) is 0 Å². The highest BCUT2D eigenvalue weighted by atomic mass is 35.5. The summed E-state index contributed by atoms with van der Waals surface area (Å²) in [6.45, 7) is 2.23. The van der Waals surface area contributed by atoms with E-state index >= 15 is 0 Å². The molecule has 2 amide bonds. The van der Waals surface area contributed by atoms with Gasteiger partial charge in [-0.05, 0) is 61.8 Å². The van der Waals surface area contributed by atoms with E-state index in [0.717, 1.165) is 43.2 Å². The fraction of sp³-hybridized carbons (Fsp3) is 0.364. The third-order valence-electron chi connectivity index (χ3n) is 5.22. The number of halogens is 2. The molecule has 1 saturated heterocycles. The Balaban J connectivity index is 1.64. The first-order valence-electron chi connectivity index (χ1n) is 9.90. The molecule has 0 bridgehead atoms. The van der Waals surface area contributed by atoms with Gasteiger partial charge in [0.1, 0.15) is 5.82 Å². The molecule has 0 radical (unpaired) electrons. The van der Waals surface area contributed by atoms with E-state index in [0.29, 0.717) is 6.54 Å². The van der Waals surface area contributed by atoms with Crippen LogP contribution in [0.5, 0.6) is 0 Å². The van der Waals surface area contributed by atoms with Gasteiger partial charge in [-0.15, -0.1) is 0 Å². The topological polar surface area (TPSA) is 64.7 Å². The lowest BCUT2D eigenvalue weighted by Crippen LogP contribution is -2.41. The van der Waals surface area contributed by atoms with E-state index in [4.69, 9.17) is 11.6 Å². The Labute approximate surface area is 181 Å². The van der Waals surface area contributed by atoms with Crippen LogP contribution in [0.15, 0.2) is 42.5 Å². The number of amides is 2. The Morgan fingerprint density at radius 2 is 1.77 bits per heavy atom. The maximum absolute atomic E-state index is 13.3. The van der Waals surface area contributed by atoms with Gasteiger partial charge in [0.25, 0.3) is 0 Å². The summed E-state index contributed by atoms with van der Waals surface area (Å²) in [5, 5.41) is 5.05. The molecule has 6 nitrogen and oxygen atoms in total. The van der Waals surface area contributed by atoms with Gasteiger partial charge in [0, 0.05) is 32.0 Å². The van der Waals surface area contributed by atoms with Crippen LogP contribution < -0.4 is 15.5 Å². The molecule has 1 unspecified atom stereocenters. The average molecular weight is 433 g/mol. The summed E-state index contributed by atoms with van der Waals surface area (Å²) < 4.78 is 13.3. The molecule has 30 heavy (non-hydrogen) atoms. The smallest absolute Gasteiger partial charge is 0.313 e. The minimum Gasteiger partial charge on any atom is -0.378 e. The first-order valence-corrected chi connectivity index (χ1v) is 10.3. The van der Waals surface area contributed by atoms with E-state index in [2.05, 4.69) is 27.7 Å². The third kappa shape index (κ3) is 5.49. The summed E-state index contributed by atoms with van der Waals surface area (Å²) in [6.07, 6.45) is 2.23. The Kier molecular flexibility index (Phi) is 7.29. The lowest BCUT2D eigenvalue weighted by Gasteiger charge is -2.28. The summed E-state index contributed by atoms with van der Waals surface area (Å²) in [7, 11) is 3.97. The number of nitrogens with zero attached hydrogens (tertiary/aromatic N) is 2. The molecule has 0 saturated carbocycles. The third-order valence-corrected chi connectivity index (χ3v) is 5.51. The van der Waals surface area contributed by atoms with Crippen LogP contribution in [0.2, 0.25) is 5.02 Å². The summed E-state index contributed by atoms with van der Waals surface area (Å²) in [5.74, 6) is -2.15. The summed E-state index contributed by atoms with van der Waals surface area (Å²) >= 11 is 5.72. The van der Waals surface area contributed by atoms with Crippen LogP contribution in [0, 0.1) is 5.82 Å². The van der Waals surface area contributed by atoms with Crippen LogP contribution in [-0.2, 0) is 9.59 Å². The lowest BCUT2D eigenvalue weighted by molar-refractivity contribution is -0.136. The summed E-state index contributed by atoms with van der Waals surface area (Å²) in [6, 6.07) is 12.0. The first kappa shape index (κ1) is 22.1. The van der Waals surface area contributed by atoms with E-state index in [1.807, 2.05) is 31.1 Å². The highest BCUT2D eigenvalue weighted by Gasteiger charge is 2.25. The van der Waals surface area contributed by atoms with Crippen molar-refractivity contribution in [3.63, 3.8) is 0 Å². The van der Waals surface area contributed by atoms with E-state index in [1.165, 1.54) is 12.1 Å². The first-order chi connectivity index (χ1) is 14.3. The number of anilines is 2. The van der Waals surface area contributed by atoms with Gasteiger partial charge >= 0.3 is 11.8 Å². The fourth-order valence-electron chi connectivity index (χ4n) is 3.54. The van der Waals surface area contributed by atoms with Crippen LogP contribution in [0.1, 0.15) is 24.4 Å². The average Bonchev–Trinajstić information content (AvgIpc) is 3.25. The Bertz CT molecular complexity index is 899. The molecule has 0 aromatic heterocycles. The number of hydrogen-bond acceptors (Lipinski definition) is 4. The molecule has 8 heteroatoms. The van der Waals surface area contributed by atoms with Gasteiger partial charge in [-0.1, -0.05) is 23.7 Å². The maximum Gasteiger partial charge on any atom is 0.313 e. The Hall–Kier alpha value is -2.64. The highest BCUT2D eigenvalue weighted by Crippen LogP contribution is 2.26. The molecule has 1 aliphatic heterocycles. The van der Waals surface area contributed by atoms with E-state index < -0.39 is 17.6 Å². The van der Waals surface area contributed by atoms with Crippen molar-refractivity contribution in [2.24, 2.45) is 0 Å². The SMILES string of the molecule is CN(C)c1ccc(C(CNC(=O)C(=O)Nc2ccc(F)c(Cl)c2)N2CCCC2)cc1. The molecule has 2 N–H and O–H groups in total. The van der Waals surface area contributed by atoms with Crippen molar-refractivity contribution in [3.05, 3.63) is 58.9 Å². The minimum absolute atomic E-state index is 0.0132. The zero-order valence-electron chi connectivity index (χ0n) is 17.1. The number of hydrogen-bond donors (Lipinski definition) is 2. The van der Waals surface area contributed by atoms with Crippen molar-refractivity contribution in [3.8, 4) is 0 Å². The van der Waals surface area contributed by atoms with Gasteiger partial charge in [-0.3, -0.25) is 14.5 Å². The Morgan fingerprint density at radius 3 is 2.37 bits per heavy atom. The summed E-state index contributed by atoms with van der Waals surface area (Å²) in [4.78, 5) is 28.9. The summed E-state index contributed by atoms with van der Waals surface area (Å²) in [5.41, 5.74) is 2.45. The van der Waals surface area contributed by atoms with E-state index in [1.54, 1.807) is 0 Å². The van der Waals surface area contributed by atoms with Crippen LogP contribution in [0.25, 0.3) is 0 Å². The number of carbonyl (C=O) groups excluding carboxylic acids is 2. The predicted octanol–water partition coefficient (Wildman–Crippen LogP) is 3.44. The molecule has 1 atom stereocenters. The molecule has 1 aliphatic rings. The standard InChI is InChI=1S/C22H26ClFN4O2/c1-27(2)17-8-5-15(6-9-17)20(28-11-3-4-12-28)14-25-21(29)22(30)26-16-7-10-19(24)18(23)13-16/h5-10,13,20H,3-4,11-12,14H2,1-2H3,(H,25,29)(H,26,30). The molecular formula is C22H26ClFN4O2. The van der Waals surface area contributed by atoms with Gasteiger partial charge < -0.3 is 15.5 Å². The van der Waals surface area contributed by atoms with Crippen LogP contribution in [-0.4, -0.2) is 50.4 Å². The lowest BCUT2D eigenvalue weighted by atomic mass is 10.0. The molecule has 2 aromatic rings. The highest BCUT2D eigenvalue weighted by molar-refractivity contribution is 6.39.